The van der Waals surface area contributed by atoms with E-state index in [0.29, 0.717) is 17.6 Å². The molecule has 2 unspecified atom stereocenters. The third-order valence-corrected chi connectivity index (χ3v) is 3.92. The van der Waals surface area contributed by atoms with Crippen LogP contribution in [0.1, 0.15) is 32.6 Å². The van der Waals surface area contributed by atoms with E-state index in [9.17, 15) is 0 Å². The topological polar surface area (TPSA) is 60.2 Å². The fraction of sp³-hybridized carbons (Fsp3) is 0.727. The third-order valence-electron chi connectivity index (χ3n) is 3.15. The number of anilines is 2. The van der Waals surface area contributed by atoms with Gasteiger partial charge in [-0.05, 0) is 30.3 Å². The number of nitrogens with two attached hydrogens (primary N) is 1. The van der Waals surface area contributed by atoms with Gasteiger partial charge >= 0.3 is 0 Å². The average molecular weight is 241 g/mol. The maximum Gasteiger partial charge on any atom is 0.197 e. The molecule has 0 spiro atoms. The number of hydrogen-bond acceptors (Lipinski definition) is 5. The summed E-state index contributed by atoms with van der Waals surface area (Å²) in [6, 6.07) is 0.539. The number of nitrogens with one attached hydrogen (secondary N) is 1. The smallest absolute Gasteiger partial charge is 0.197 e. The van der Waals surface area contributed by atoms with Crippen molar-refractivity contribution >= 4 is 22.4 Å². The Hall–Kier alpha value is -0.970. The molecule has 1 aromatic heterocycles. The van der Waals surface area contributed by atoms with E-state index >= 15 is 0 Å². The van der Waals surface area contributed by atoms with Gasteiger partial charge in [-0.15, -0.1) is 0 Å². The van der Waals surface area contributed by atoms with Crippen molar-refractivity contribution in [3.8, 4) is 5.75 Å². The highest BCUT2D eigenvalue weighted by molar-refractivity contribution is 7.11. The highest BCUT2D eigenvalue weighted by Gasteiger charge is 2.21. The average Bonchev–Trinajstić information content (AvgIpc) is 2.59. The number of nitrogen functional groups attached to an aromatic ring is 1. The Kier molecular flexibility index (Phi) is 3.53. The minimum atomic E-state index is 0.485. The zero-order valence-corrected chi connectivity index (χ0v) is 10.6. The van der Waals surface area contributed by atoms with Crippen LogP contribution in [0.5, 0.6) is 5.75 Å². The van der Waals surface area contributed by atoms with Crippen LogP contribution in [0.2, 0.25) is 0 Å². The summed E-state index contributed by atoms with van der Waals surface area (Å²) in [5.74, 6) is 1.99. The van der Waals surface area contributed by atoms with Crippen molar-refractivity contribution in [3.05, 3.63) is 0 Å². The molecule has 0 bridgehead atoms. The Labute approximate surface area is 100 Å². The molecule has 1 aliphatic rings. The number of nitrogens with zero attached hydrogens (tertiary/aromatic N) is 1. The molecule has 1 saturated carbocycles. The molecule has 2 rings (SSSR count). The normalized spacial score (nSPS) is 25.4. The number of hydrogen-bond donors (Lipinski definition) is 2. The predicted molar refractivity (Wildman–Crippen MR) is 68.1 cm³/mol. The van der Waals surface area contributed by atoms with Crippen molar-refractivity contribution < 1.29 is 4.74 Å². The summed E-state index contributed by atoms with van der Waals surface area (Å²) in [6.07, 6.45) is 5.10. The van der Waals surface area contributed by atoms with Crippen LogP contribution in [0, 0.1) is 5.92 Å². The van der Waals surface area contributed by atoms with Gasteiger partial charge in [0.05, 0.1) is 7.11 Å². The van der Waals surface area contributed by atoms with E-state index in [-0.39, 0.29) is 0 Å². The van der Waals surface area contributed by atoms with Gasteiger partial charge in [0.15, 0.2) is 16.6 Å². The standard InChI is InChI=1S/C11H19N3OS/c1-7-4-3-5-8(6-7)13-11-9(15-2)10(12)14-16-11/h7-8,13H,3-6H2,1-2H3,(H2,12,14). The van der Waals surface area contributed by atoms with E-state index in [1.807, 2.05) is 0 Å². The molecule has 90 valence electrons. The summed E-state index contributed by atoms with van der Waals surface area (Å²) >= 11 is 1.38. The maximum atomic E-state index is 5.72. The lowest BCUT2D eigenvalue weighted by Crippen LogP contribution is -2.25. The highest BCUT2D eigenvalue weighted by Crippen LogP contribution is 2.37. The molecule has 16 heavy (non-hydrogen) atoms. The fourth-order valence-electron chi connectivity index (χ4n) is 2.33. The van der Waals surface area contributed by atoms with Crippen LogP contribution in [0.25, 0.3) is 0 Å². The second-order valence-corrected chi connectivity index (χ2v) is 5.32. The molecule has 0 aliphatic heterocycles. The molecule has 5 heteroatoms. The van der Waals surface area contributed by atoms with Crippen molar-refractivity contribution in [1.29, 1.82) is 0 Å². The SMILES string of the molecule is COc1c(N)nsc1NC1CCCC(C)C1. The first-order valence-electron chi connectivity index (χ1n) is 5.76. The maximum absolute atomic E-state index is 5.72. The number of aromatic nitrogens is 1. The van der Waals surface area contributed by atoms with E-state index in [0.717, 1.165) is 10.9 Å². The molecule has 1 aliphatic carbocycles. The van der Waals surface area contributed by atoms with Crippen molar-refractivity contribution in [2.24, 2.45) is 5.92 Å². The zero-order chi connectivity index (χ0) is 11.5. The number of rotatable bonds is 3. The molecule has 0 saturated heterocycles. The van der Waals surface area contributed by atoms with Gasteiger partial charge in [0, 0.05) is 6.04 Å². The van der Waals surface area contributed by atoms with Crippen LogP contribution in [-0.2, 0) is 0 Å². The van der Waals surface area contributed by atoms with Crippen LogP contribution < -0.4 is 15.8 Å². The summed E-state index contributed by atoms with van der Waals surface area (Å²) in [7, 11) is 1.63. The lowest BCUT2D eigenvalue weighted by atomic mass is 9.87. The largest absolute Gasteiger partial charge is 0.490 e. The van der Waals surface area contributed by atoms with E-state index < -0.39 is 0 Å². The lowest BCUT2D eigenvalue weighted by molar-refractivity contribution is 0.357. The molecule has 0 radical (unpaired) electrons. The van der Waals surface area contributed by atoms with Crippen LogP contribution >= 0.6 is 11.5 Å². The summed E-state index contributed by atoms with van der Waals surface area (Å²) in [5, 5.41) is 4.47. The van der Waals surface area contributed by atoms with Gasteiger partial charge in [0.25, 0.3) is 0 Å². The molecule has 1 heterocycles. The summed E-state index contributed by atoms with van der Waals surface area (Å²) in [5.41, 5.74) is 5.72. The summed E-state index contributed by atoms with van der Waals surface area (Å²) in [6.45, 7) is 2.31. The first-order valence-corrected chi connectivity index (χ1v) is 6.53. The number of ether oxygens (including phenoxy) is 1. The Bertz CT molecular complexity index is 353. The van der Waals surface area contributed by atoms with Crippen molar-refractivity contribution in [2.75, 3.05) is 18.2 Å². The minimum Gasteiger partial charge on any atom is -0.490 e. The van der Waals surface area contributed by atoms with Crippen LogP contribution in [0.15, 0.2) is 0 Å². The third kappa shape index (κ3) is 2.40. The van der Waals surface area contributed by atoms with Crippen molar-refractivity contribution in [1.82, 2.24) is 4.37 Å². The quantitative estimate of drug-likeness (QED) is 0.854. The molecule has 4 nitrogen and oxygen atoms in total. The number of methoxy groups -OCH3 is 1. The summed E-state index contributed by atoms with van der Waals surface area (Å²) < 4.78 is 9.35. The van der Waals surface area contributed by atoms with E-state index in [4.69, 9.17) is 10.5 Å². The van der Waals surface area contributed by atoms with Gasteiger partial charge in [-0.3, -0.25) is 0 Å². The van der Waals surface area contributed by atoms with Gasteiger partial charge in [-0.1, -0.05) is 19.8 Å². The van der Waals surface area contributed by atoms with Crippen molar-refractivity contribution in [3.63, 3.8) is 0 Å². The van der Waals surface area contributed by atoms with E-state index in [2.05, 4.69) is 16.6 Å². The molecule has 1 fully saturated rings. The fourth-order valence-corrected chi connectivity index (χ4v) is 3.10. The van der Waals surface area contributed by atoms with Crippen molar-refractivity contribution in [2.45, 2.75) is 38.6 Å². The lowest BCUT2D eigenvalue weighted by Gasteiger charge is -2.27. The van der Waals surface area contributed by atoms with Gasteiger partial charge in [0.1, 0.15) is 0 Å². The van der Waals surface area contributed by atoms with Gasteiger partial charge in [-0.25, -0.2) is 0 Å². The molecular formula is C11H19N3OS. The van der Waals surface area contributed by atoms with Gasteiger partial charge in [0.2, 0.25) is 0 Å². The Morgan fingerprint density at radius 2 is 2.31 bits per heavy atom. The molecule has 3 N–H and O–H groups in total. The predicted octanol–water partition coefficient (Wildman–Crippen LogP) is 2.72. The van der Waals surface area contributed by atoms with E-state index in [1.54, 1.807) is 7.11 Å². The second-order valence-electron chi connectivity index (χ2n) is 4.54. The first-order chi connectivity index (χ1) is 7.70. The van der Waals surface area contributed by atoms with E-state index in [1.165, 1.54) is 37.2 Å². The Balaban J connectivity index is 2.02. The molecular weight excluding hydrogens is 222 g/mol. The minimum absolute atomic E-state index is 0.485. The Morgan fingerprint density at radius 3 is 3.00 bits per heavy atom. The van der Waals surface area contributed by atoms with Gasteiger partial charge in [-0.2, -0.15) is 4.37 Å². The zero-order valence-electron chi connectivity index (χ0n) is 9.82. The van der Waals surface area contributed by atoms with Gasteiger partial charge < -0.3 is 15.8 Å². The van der Waals surface area contributed by atoms with Crippen LogP contribution in [-0.4, -0.2) is 17.5 Å². The molecule has 0 amide bonds. The van der Waals surface area contributed by atoms with Crippen LogP contribution in [0.3, 0.4) is 0 Å². The van der Waals surface area contributed by atoms with Crippen LogP contribution in [0.4, 0.5) is 10.8 Å². The second kappa shape index (κ2) is 4.91. The monoisotopic (exact) mass is 241 g/mol. The molecule has 1 aromatic rings. The molecule has 0 aromatic carbocycles. The molecule has 2 atom stereocenters. The summed E-state index contributed by atoms with van der Waals surface area (Å²) in [4.78, 5) is 0. The Morgan fingerprint density at radius 1 is 1.50 bits per heavy atom. The first kappa shape index (κ1) is 11.5. The highest BCUT2D eigenvalue weighted by atomic mass is 32.1.